The number of aromatic amines is 1. The van der Waals surface area contributed by atoms with Crippen molar-refractivity contribution >= 4 is 21.9 Å². The molecule has 1 aromatic heterocycles. The molecule has 26 heavy (non-hydrogen) atoms. The van der Waals surface area contributed by atoms with Crippen LogP contribution >= 0.6 is 15.9 Å². The molecule has 9 heteroatoms. The topological polar surface area (TPSA) is 85.0 Å². The smallest absolute Gasteiger partial charge is 0.263 e. The zero-order chi connectivity index (χ0) is 18.4. The number of aromatic nitrogens is 4. The number of rotatable bonds is 8. The number of anilines is 1. The fourth-order valence-electron chi connectivity index (χ4n) is 2.28. The molecule has 0 atom stereocenters. The molecule has 2 N–H and O–H groups in total. The van der Waals surface area contributed by atoms with Gasteiger partial charge in [0, 0.05) is 16.6 Å². The molecule has 0 saturated heterocycles. The second-order valence-corrected chi connectivity index (χ2v) is 6.15. The van der Waals surface area contributed by atoms with E-state index in [1.165, 1.54) is 6.07 Å². The van der Waals surface area contributed by atoms with Crippen molar-refractivity contribution in [1.82, 2.24) is 20.6 Å². The second kappa shape index (κ2) is 8.61. The van der Waals surface area contributed by atoms with Crippen LogP contribution in [0.2, 0.25) is 0 Å². The summed E-state index contributed by atoms with van der Waals surface area (Å²) in [6, 6.07) is 10.2. The molecule has 0 radical (unpaired) electrons. The molecule has 1 heterocycles. The first-order valence-corrected chi connectivity index (χ1v) is 8.75. The van der Waals surface area contributed by atoms with E-state index in [-0.39, 0.29) is 12.4 Å². The van der Waals surface area contributed by atoms with E-state index in [9.17, 15) is 4.39 Å². The molecular formula is C17H17BrFN5O2. The van der Waals surface area contributed by atoms with Crippen molar-refractivity contribution in [3.63, 3.8) is 0 Å². The highest BCUT2D eigenvalue weighted by Crippen LogP contribution is 2.34. The van der Waals surface area contributed by atoms with Crippen molar-refractivity contribution in [2.24, 2.45) is 0 Å². The number of H-pyrrole nitrogens is 1. The summed E-state index contributed by atoms with van der Waals surface area (Å²) < 4.78 is 26.0. The summed E-state index contributed by atoms with van der Waals surface area (Å²) >= 11 is 3.52. The molecule has 0 fully saturated rings. The van der Waals surface area contributed by atoms with E-state index in [1.54, 1.807) is 24.3 Å². The molecule has 0 spiro atoms. The number of tetrazole rings is 1. The standard InChI is InChI=1S/C17H17BrFN5O2/c1-2-25-15-7-12(9-20-17-21-23-24-22-17)13(18)8-16(15)26-10-11-5-3-4-6-14(11)19/h3-8H,2,9-10H2,1H3,(H2,20,21,22,23,24). The summed E-state index contributed by atoms with van der Waals surface area (Å²) in [5, 5.41) is 16.6. The van der Waals surface area contributed by atoms with Crippen LogP contribution < -0.4 is 14.8 Å². The molecule has 0 unspecified atom stereocenters. The predicted molar refractivity (Wildman–Crippen MR) is 97.5 cm³/mol. The lowest BCUT2D eigenvalue weighted by Gasteiger charge is -2.15. The van der Waals surface area contributed by atoms with Gasteiger partial charge in [0.15, 0.2) is 11.5 Å². The van der Waals surface area contributed by atoms with Crippen molar-refractivity contribution in [2.75, 3.05) is 11.9 Å². The zero-order valence-electron chi connectivity index (χ0n) is 14.0. The van der Waals surface area contributed by atoms with Crippen molar-refractivity contribution in [3.05, 3.63) is 57.8 Å². The molecule has 0 saturated carbocycles. The van der Waals surface area contributed by atoms with Gasteiger partial charge in [0.05, 0.1) is 6.61 Å². The maximum absolute atomic E-state index is 13.8. The minimum Gasteiger partial charge on any atom is -0.490 e. The summed E-state index contributed by atoms with van der Waals surface area (Å²) in [4.78, 5) is 0. The Labute approximate surface area is 158 Å². The van der Waals surface area contributed by atoms with E-state index in [4.69, 9.17) is 9.47 Å². The first-order valence-electron chi connectivity index (χ1n) is 7.96. The molecule has 0 amide bonds. The van der Waals surface area contributed by atoms with Gasteiger partial charge in [-0.05, 0) is 35.9 Å². The first-order chi connectivity index (χ1) is 12.7. The van der Waals surface area contributed by atoms with Crippen LogP contribution in [-0.4, -0.2) is 27.2 Å². The summed E-state index contributed by atoms with van der Waals surface area (Å²) in [7, 11) is 0. The number of hydrogen-bond acceptors (Lipinski definition) is 6. The summed E-state index contributed by atoms with van der Waals surface area (Å²) in [5.74, 6) is 1.21. The Bertz CT molecular complexity index is 860. The molecule has 0 aliphatic heterocycles. The van der Waals surface area contributed by atoms with Crippen LogP contribution in [0.15, 0.2) is 40.9 Å². The number of hydrogen-bond donors (Lipinski definition) is 2. The van der Waals surface area contributed by atoms with Gasteiger partial charge in [0.25, 0.3) is 5.95 Å². The molecule has 0 aliphatic carbocycles. The van der Waals surface area contributed by atoms with Crippen LogP contribution in [0.1, 0.15) is 18.1 Å². The Kier molecular flexibility index (Phi) is 6.00. The average molecular weight is 422 g/mol. The lowest BCUT2D eigenvalue weighted by Crippen LogP contribution is -2.05. The number of benzene rings is 2. The fraction of sp³-hybridized carbons (Fsp3) is 0.235. The highest BCUT2D eigenvalue weighted by atomic mass is 79.9. The van der Waals surface area contributed by atoms with Gasteiger partial charge in [0.2, 0.25) is 0 Å². The van der Waals surface area contributed by atoms with Crippen LogP contribution in [0.25, 0.3) is 0 Å². The van der Waals surface area contributed by atoms with Crippen LogP contribution in [0.4, 0.5) is 10.3 Å². The Morgan fingerprint density at radius 1 is 1.15 bits per heavy atom. The van der Waals surface area contributed by atoms with Crippen molar-refractivity contribution in [1.29, 1.82) is 0 Å². The summed E-state index contributed by atoms with van der Waals surface area (Å²) in [5.41, 5.74) is 1.41. The Morgan fingerprint density at radius 3 is 2.69 bits per heavy atom. The predicted octanol–water partition coefficient (Wildman–Crippen LogP) is 3.69. The van der Waals surface area contributed by atoms with Gasteiger partial charge in [-0.1, -0.05) is 39.2 Å². The second-order valence-electron chi connectivity index (χ2n) is 5.29. The lowest BCUT2D eigenvalue weighted by atomic mass is 10.2. The van der Waals surface area contributed by atoms with E-state index in [0.717, 1.165) is 10.0 Å². The molecule has 0 bridgehead atoms. The normalized spacial score (nSPS) is 10.6. The number of halogens is 2. The van der Waals surface area contributed by atoms with Crippen LogP contribution in [0.5, 0.6) is 11.5 Å². The quantitative estimate of drug-likeness (QED) is 0.576. The van der Waals surface area contributed by atoms with E-state index in [1.807, 2.05) is 13.0 Å². The van der Waals surface area contributed by atoms with E-state index >= 15 is 0 Å². The Morgan fingerprint density at radius 2 is 1.96 bits per heavy atom. The largest absolute Gasteiger partial charge is 0.490 e. The summed E-state index contributed by atoms with van der Waals surface area (Å²) in [6.07, 6.45) is 0. The van der Waals surface area contributed by atoms with Crippen molar-refractivity contribution < 1.29 is 13.9 Å². The highest BCUT2D eigenvalue weighted by Gasteiger charge is 2.13. The third-order valence-electron chi connectivity index (χ3n) is 3.54. The SMILES string of the molecule is CCOc1cc(CNc2nn[nH]n2)c(Br)cc1OCc1ccccc1F. The third kappa shape index (κ3) is 4.48. The fourth-order valence-corrected chi connectivity index (χ4v) is 2.74. The molecule has 3 aromatic rings. The average Bonchev–Trinajstić information content (AvgIpc) is 3.15. The van der Waals surface area contributed by atoms with Gasteiger partial charge in [-0.3, -0.25) is 0 Å². The Hall–Kier alpha value is -2.68. The zero-order valence-corrected chi connectivity index (χ0v) is 15.6. The minimum atomic E-state index is -0.301. The molecular weight excluding hydrogens is 405 g/mol. The van der Waals surface area contributed by atoms with Gasteiger partial charge in [-0.25, -0.2) is 4.39 Å². The highest BCUT2D eigenvalue weighted by molar-refractivity contribution is 9.10. The van der Waals surface area contributed by atoms with Crippen LogP contribution in [0.3, 0.4) is 0 Å². The summed E-state index contributed by atoms with van der Waals surface area (Å²) in [6.45, 7) is 2.95. The minimum absolute atomic E-state index is 0.111. The van der Waals surface area contributed by atoms with Gasteiger partial charge < -0.3 is 14.8 Å². The van der Waals surface area contributed by atoms with E-state index in [2.05, 4.69) is 41.9 Å². The first kappa shape index (κ1) is 18.1. The molecule has 2 aromatic carbocycles. The van der Waals surface area contributed by atoms with Gasteiger partial charge in [0.1, 0.15) is 12.4 Å². The van der Waals surface area contributed by atoms with Gasteiger partial charge in [-0.15, -0.1) is 5.10 Å². The number of nitrogens with zero attached hydrogens (tertiary/aromatic N) is 3. The maximum Gasteiger partial charge on any atom is 0.263 e. The van der Waals surface area contributed by atoms with Crippen molar-refractivity contribution in [2.45, 2.75) is 20.1 Å². The molecule has 0 aliphatic rings. The number of ether oxygens (including phenoxy) is 2. The number of nitrogens with one attached hydrogen (secondary N) is 2. The van der Waals surface area contributed by atoms with Gasteiger partial charge in [-0.2, -0.15) is 5.21 Å². The molecule has 7 nitrogen and oxygen atoms in total. The Balaban J connectivity index is 1.76. The monoisotopic (exact) mass is 421 g/mol. The lowest BCUT2D eigenvalue weighted by molar-refractivity contribution is 0.265. The van der Waals surface area contributed by atoms with Gasteiger partial charge >= 0.3 is 0 Å². The molecule has 3 rings (SSSR count). The van der Waals surface area contributed by atoms with Crippen molar-refractivity contribution in [3.8, 4) is 11.5 Å². The van der Waals surface area contributed by atoms with E-state index < -0.39 is 0 Å². The van der Waals surface area contributed by atoms with Crippen LogP contribution in [0, 0.1) is 5.82 Å². The molecule has 136 valence electrons. The van der Waals surface area contributed by atoms with E-state index in [0.29, 0.717) is 36.2 Å². The van der Waals surface area contributed by atoms with Crippen LogP contribution in [-0.2, 0) is 13.2 Å². The maximum atomic E-state index is 13.8. The third-order valence-corrected chi connectivity index (χ3v) is 4.27.